The molecule has 0 saturated heterocycles. The highest BCUT2D eigenvalue weighted by molar-refractivity contribution is 5.94. The maximum atomic E-state index is 13.0. The van der Waals surface area contributed by atoms with Crippen LogP contribution in [0.3, 0.4) is 0 Å². The number of nitrogens with zero attached hydrogens (tertiary/aromatic N) is 1. The van der Waals surface area contributed by atoms with Gasteiger partial charge >= 0.3 is 6.18 Å². The van der Waals surface area contributed by atoms with Crippen LogP contribution in [0.4, 0.5) is 13.2 Å². The van der Waals surface area contributed by atoms with Gasteiger partial charge in [0, 0.05) is 5.39 Å². The zero-order chi connectivity index (χ0) is 15.7. The maximum absolute atomic E-state index is 13.0. The second-order valence-electron chi connectivity index (χ2n) is 4.80. The number of ether oxygens (including phenoxy) is 1. The molecule has 0 saturated carbocycles. The summed E-state index contributed by atoms with van der Waals surface area (Å²) < 4.78 is 44.2. The third kappa shape index (κ3) is 2.62. The lowest BCUT2D eigenvalue weighted by Gasteiger charge is -2.12. The van der Waals surface area contributed by atoms with Crippen LogP contribution in [0.2, 0.25) is 0 Å². The molecule has 0 unspecified atom stereocenters. The second kappa shape index (κ2) is 5.33. The first-order chi connectivity index (χ1) is 10.5. The Morgan fingerprint density at radius 3 is 2.27 bits per heavy atom. The summed E-state index contributed by atoms with van der Waals surface area (Å²) in [6, 6.07) is 14.8. The molecule has 22 heavy (non-hydrogen) atoms. The molecule has 5 heteroatoms. The molecule has 0 radical (unpaired) electrons. The molecule has 3 rings (SSSR count). The molecule has 2 aromatic carbocycles. The number of hydrogen-bond acceptors (Lipinski definition) is 2. The van der Waals surface area contributed by atoms with Crippen molar-refractivity contribution in [2.75, 3.05) is 7.11 Å². The van der Waals surface area contributed by atoms with E-state index in [-0.39, 0.29) is 0 Å². The average molecular weight is 303 g/mol. The quantitative estimate of drug-likeness (QED) is 0.669. The maximum Gasteiger partial charge on any atom is 0.433 e. The number of methoxy groups -OCH3 is 1. The van der Waals surface area contributed by atoms with Crippen molar-refractivity contribution in [2.24, 2.45) is 0 Å². The molecule has 0 amide bonds. The van der Waals surface area contributed by atoms with Crippen LogP contribution in [0.25, 0.3) is 22.0 Å². The molecule has 2 nitrogen and oxygen atoms in total. The van der Waals surface area contributed by atoms with E-state index in [0.717, 1.165) is 6.07 Å². The topological polar surface area (TPSA) is 22.1 Å². The predicted molar refractivity (Wildman–Crippen MR) is 78.7 cm³/mol. The summed E-state index contributed by atoms with van der Waals surface area (Å²) in [5.74, 6) is 0.651. The lowest BCUT2D eigenvalue weighted by atomic mass is 10.00. The molecule has 0 fully saturated rings. The molecule has 0 atom stereocenters. The van der Waals surface area contributed by atoms with Crippen LogP contribution in [-0.4, -0.2) is 12.1 Å². The van der Waals surface area contributed by atoms with E-state index in [2.05, 4.69) is 4.98 Å². The fraction of sp³-hybridized carbons (Fsp3) is 0.118. The number of pyridine rings is 1. The van der Waals surface area contributed by atoms with Crippen LogP contribution in [0.15, 0.2) is 54.6 Å². The predicted octanol–water partition coefficient (Wildman–Crippen LogP) is 4.93. The first-order valence-corrected chi connectivity index (χ1v) is 6.60. The Morgan fingerprint density at radius 1 is 0.955 bits per heavy atom. The molecule has 1 heterocycles. The van der Waals surface area contributed by atoms with E-state index in [9.17, 15) is 13.2 Å². The van der Waals surface area contributed by atoms with Gasteiger partial charge in [-0.3, -0.25) is 0 Å². The van der Waals surface area contributed by atoms with Crippen LogP contribution in [0.1, 0.15) is 5.69 Å². The van der Waals surface area contributed by atoms with Crippen molar-refractivity contribution < 1.29 is 17.9 Å². The summed E-state index contributed by atoms with van der Waals surface area (Å²) in [6.45, 7) is 0. The summed E-state index contributed by atoms with van der Waals surface area (Å²) in [5, 5.41) is 0.681. The highest BCUT2D eigenvalue weighted by atomic mass is 19.4. The highest BCUT2D eigenvalue weighted by Gasteiger charge is 2.33. The van der Waals surface area contributed by atoms with Gasteiger partial charge < -0.3 is 4.74 Å². The number of benzene rings is 2. The van der Waals surface area contributed by atoms with Crippen LogP contribution < -0.4 is 4.74 Å². The number of para-hydroxylation sites is 1. The highest BCUT2D eigenvalue weighted by Crippen LogP contribution is 2.35. The number of hydrogen-bond donors (Lipinski definition) is 0. The molecule has 0 N–H and O–H groups in total. The van der Waals surface area contributed by atoms with Crippen molar-refractivity contribution >= 4 is 10.9 Å². The number of alkyl halides is 3. The molecular formula is C17H12F3NO. The van der Waals surface area contributed by atoms with E-state index in [1.165, 1.54) is 0 Å². The van der Waals surface area contributed by atoms with E-state index < -0.39 is 11.9 Å². The Morgan fingerprint density at radius 2 is 1.64 bits per heavy atom. The third-order valence-corrected chi connectivity index (χ3v) is 3.41. The van der Waals surface area contributed by atoms with Crippen LogP contribution in [0.5, 0.6) is 5.75 Å². The second-order valence-corrected chi connectivity index (χ2v) is 4.80. The van der Waals surface area contributed by atoms with E-state index in [0.29, 0.717) is 27.8 Å². The minimum atomic E-state index is -4.48. The number of aromatic nitrogens is 1. The summed E-state index contributed by atoms with van der Waals surface area (Å²) in [6.07, 6.45) is -4.48. The Hall–Kier alpha value is -2.56. The molecule has 3 aromatic rings. The standard InChI is InChI=1S/C17H12F3NO/c1-22-12-8-6-11(7-9-12)14-10-16(17(18,19)20)21-15-5-3-2-4-13(14)15/h2-10H,1H3. The average Bonchev–Trinajstić information content (AvgIpc) is 2.53. The van der Waals surface area contributed by atoms with Crippen molar-refractivity contribution in [3.05, 3.63) is 60.3 Å². The Balaban J connectivity index is 2.25. The van der Waals surface area contributed by atoms with Crippen molar-refractivity contribution in [3.63, 3.8) is 0 Å². The minimum absolute atomic E-state index is 0.322. The molecular weight excluding hydrogens is 291 g/mol. The number of rotatable bonds is 2. The Labute approximate surface area is 125 Å². The van der Waals surface area contributed by atoms with Crippen LogP contribution in [0, 0.1) is 0 Å². The first-order valence-electron chi connectivity index (χ1n) is 6.60. The summed E-state index contributed by atoms with van der Waals surface area (Å²) >= 11 is 0. The lowest BCUT2D eigenvalue weighted by Crippen LogP contribution is -2.08. The van der Waals surface area contributed by atoms with E-state index in [1.54, 1.807) is 55.6 Å². The van der Waals surface area contributed by atoms with Gasteiger partial charge in [0.25, 0.3) is 0 Å². The van der Waals surface area contributed by atoms with Gasteiger partial charge in [0.05, 0.1) is 12.6 Å². The van der Waals surface area contributed by atoms with Gasteiger partial charge in [-0.1, -0.05) is 30.3 Å². The normalized spacial score (nSPS) is 11.6. The van der Waals surface area contributed by atoms with Gasteiger partial charge in [-0.15, -0.1) is 0 Å². The van der Waals surface area contributed by atoms with Crippen molar-refractivity contribution in [1.82, 2.24) is 4.98 Å². The molecule has 0 aliphatic rings. The van der Waals surface area contributed by atoms with Gasteiger partial charge in [-0.05, 0) is 35.4 Å². The minimum Gasteiger partial charge on any atom is -0.497 e. The molecule has 0 spiro atoms. The summed E-state index contributed by atoms with van der Waals surface area (Å²) in [5.41, 5.74) is 0.616. The molecule has 0 bridgehead atoms. The van der Waals surface area contributed by atoms with E-state index >= 15 is 0 Å². The van der Waals surface area contributed by atoms with Gasteiger partial charge in [-0.2, -0.15) is 13.2 Å². The fourth-order valence-corrected chi connectivity index (χ4v) is 2.33. The number of fused-ring (bicyclic) bond motifs is 1. The summed E-state index contributed by atoms with van der Waals surface area (Å²) in [7, 11) is 1.54. The SMILES string of the molecule is COc1ccc(-c2cc(C(F)(F)F)nc3ccccc23)cc1. The van der Waals surface area contributed by atoms with E-state index in [1.807, 2.05) is 0 Å². The van der Waals surface area contributed by atoms with Crippen LogP contribution in [-0.2, 0) is 6.18 Å². The van der Waals surface area contributed by atoms with Gasteiger partial charge in [0.15, 0.2) is 0 Å². The molecule has 112 valence electrons. The monoisotopic (exact) mass is 303 g/mol. The third-order valence-electron chi connectivity index (χ3n) is 3.41. The first kappa shape index (κ1) is 14.4. The zero-order valence-corrected chi connectivity index (χ0v) is 11.7. The van der Waals surface area contributed by atoms with E-state index in [4.69, 9.17) is 4.74 Å². The summed E-state index contributed by atoms with van der Waals surface area (Å²) in [4.78, 5) is 3.72. The molecule has 1 aromatic heterocycles. The Kier molecular flexibility index (Phi) is 3.48. The largest absolute Gasteiger partial charge is 0.497 e. The van der Waals surface area contributed by atoms with Crippen molar-refractivity contribution in [3.8, 4) is 16.9 Å². The molecule has 0 aliphatic carbocycles. The smallest absolute Gasteiger partial charge is 0.433 e. The van der Waals surface area contributed by atoms with Crippen molar-refractivity contribution in [1.29, 1.82) is 0 Å². The van der Waals surface area contributed by atoms with Gasteiger partial charge in [-0.25, -0.2) is 4.98 Å². The van der Waals surface area contributed by atoms with Gasteiger partial charge in [0.2, 0.25) is 0 Å². The molecule has 0 aliphatic heterocycles. The number of halogens is 3. The fourth-order valence-electron chi connectivity index (χ4n) is 2.33. The van der Waals surface area contributed by atoms with Gasteiger partial charge in [0.1, 0.15) is 11.4 Å². The Bertz CT molecular complexity index is 810. The van der Waals surface area contributed by atoms with Crippen LogP contribution >= 0.6 is 0 Å². The lowest BCUT2D eigenvalue weighted by molar-refractivity contribution is -0.140. The zero-order valence-electron chi connectivity index (χ0n) is 11.7. The van der Waals surface area contributed by atoms with Crippen molar-refractivity contribution in [2.45, 2.75) is 6.18 Å².